The van der Waals surface area contributed by atoms with E-state index in [0.717, 1.165) is 11.7 Å². The van der Waals surface area contributed by atoms with Crippen molar-refractivity contribution in [2.45, 2.75) is 25.4 Å². The van der Waals surface area contributed by atoms with Crippen LogP contribution in [-0.4, -0.2) is 29.5 Å². The van der Waals surface area contributed by atoms with Crippen molar-refractivity contribution in [3.05, 3.63) is 65.9 Å². The number of hydrogen-bond donors (Lipinski definition) is 1. The van der Waals surface area contributed by atoms with E-state index >= 15 is 0 Å². The van der Waals surface area contributed by atoms with E-state index in [1.54, 1.807) is 0 Å². The predicted octanol–water partition coefficient (Wildman–Crippen LogP) is 4.56. The average Bonchev–Trinajstić information content (AvgIpc) is 3.11. The molecule has 1 unspecified atom stereocenters. The highest BCUT2D eigenvalue weighted by molar-refractivity contribution is 5.85. The Morgan fingerprint density at radius 2 is 1.88 bits per heavy atom. The maximum Gasteiger partial charge on any atom is 0.121 e. The number of ether oxygens (including phenoxy) is 1. The summed E-state index contributed by atoms with van der Waals surface area (Å²) < 4.78 is 5.98. The molecule has 1 N–H and O–H groups in total. The molecule has 25 heavy (non-hydrogen) atoms. The Morgan fingerprint density at radius 3 is 2.64 bits per heavy atom. The van der Waals surface area contributed by atoms with Crippen LogP contribution in [0.4, 0.5) is 0 Å². The summed E-state index contributed by atoms with van der Waals surface area (Å²) in [7, 11) is 0. The van der Waals surface area contributed by atoms with Crippen LogP contribution in [0.1, 0.15) is 29.9 Å². The molecule has 1 aromatic heterocycles. The number of rotatable bonds is 4. The van der Waals surface area contributed by atoms with E-state index in [2.05, 4.69) is 46.4 Å². The van der Waals surface area contributed by atoms with Gasteiger partial charge >= 0.3 is 0 Å². The van der Waals surface area contributed by atoms with Crippen LogP contribution in [0.15, 0.2) is 54.7 Å². The van der Waals surface area contributed by atoms with Crippen molar-refractivity contribution in [2.75, 3.05) is 19.6 Å². The fraction of sp³-hybridized carbons (Fsp3) is 0.364. The summed E-state index contributed by atoms with van der Waals surface area (Å²) in [5, 5.41) is 1.37. The highest BCUT2D eigenvalue weighted by Crippen LogP contribution is 2.41. The van der Waals surface area contributed by atoms with Crippen molar-refractivity contribution in [3.8, 4) is 5.75 Å². The van der Waals surface area contributed by atoms with Crippen molar-refractivity contribution >= 4 is 10.9 Å². The Labute approximate surface area is 148 Å². The molecule has 3 fully saturated rings. The lowest BCUT2D eigenvalue weighted by atomic mass is 9.75. The first kappa shape index (κ1) is 15.0. The van der Waals surface area contributed by atoms with Crippen LogP contribution in [0.3, 0.4) is 0 Å². The average molecular weight is 332 g/mol. The van der Waals surface area contributed by atoms with E-state index in [1.807, 2.05) is 18.2 Å². The molecule has 3 aromatic rings. The molecule has 6 rings (SSSR count). The molecule has 2 bridgehead atoms. The molecular weight excluding hydrogens is 308 g/mol. The molecule has 3 saturated heterocycles. The number of hydrogen-bond acceptors (Lipinski definition) is 2. The Kier molecular flexibility index (Phi) is 3.75. The lowest BCUT2D eigenvalue weighted by Gasteiger charge is -2.44. The monoisotopic (exact) mass is 332 g/mol. The quantitative estimate of drug-likeness (QED) is 0.759. The van der Waals surface area contributed by atoms with Crippen molar-refractivity contribution in [3.63, 3.8) is 0 Å². The van der Waals surface area contributed by atoms with Crippen LogP contribution in [-0.2, 0) is 6.61 Å². The standard InChI is InChI=1S/C22H24N2O/c1-2-4-16(5-3-1)15-25-18-6-7-19-20(13-23-22(19)12-18)21-14-24-10-8-17(21)9-11-24/h1-7,12-13,17,21,23H,8-11,14-15H2. The third kappa shape index (κ3) is 2.83. The van der Waals surface area contributed by atoms with Gasteiger partial charge in [0.2, 0.25) is 0 Å². The molecule has 4 heterocycles. The van der Waals surface area contributed by atoms with E-state index < -0.39 is 0 Å². The molecule has 0 saturated carbocycles. The van der Waals surface area contributed by atoms with Crippen molar-refractivity contribution < 1.29 is 4.74 Å². The molecular formula is C22H24N2O. The molecule has 1 atom stereocenters. The van der Waals surface area contributed by atoms with E-state index in [1.165, 1.54) is 54.5 Å². The largest absolute Gasteiger partial charge is 0.489 e. The SMILES string of the molecule is c1ccc(COc2ccc3c(C4CN5CCC4CC5)c[nH]c3c2)cc1. The first-order chi connectivity index (χ1) is 12.4. The maximum absolute atomic E-state index is 5.98. The Bertz CT molecular complexity index is 862. The molecule has 3 aliphatic heterocycles. The normalized spacial score (nSPS) is 25.4. The first-order valence-corrected chi connectivity index (χ1v) is 9.37. The Hall–Kier alpha value is -2.26. The van der Waals surface area contributed by atoms with Gasteiger partial charge in [-0.3, -0.25) is 0 Å². The minimum absolute atomic E-state index is 0.611. The highest BCUT2D eigenvalue weighted by atomic mass is 16.5. The first-order valence-electron chi connectivity index (χ1n) is 9.37. The molecule has 3 nitrogen and oxygen atoms in total. The minimum atomic E-state index is 0.611. The zero-order valence-corrected chi connectivity index (χ0v) is 14.4. The summed E-state index contributed by atoms with van der Waals surface area (Å²) in [4.78, 5) is 6.11. The second kappa shape index (κ2) is 6.23. The van der Waals surface area contributed by atoms with Gasteiger partial charge in [0, 0.05) is 35.6 Å². The van der Waals surface area contributed by atoms with Gasteiger partial charge in [0.1, 0.15) is 12.4 Å². The fourth-order valence-electron chi connectivity index (χ4n) is 4.58. The number of nitrogens with one attached hydrogen (secondary N) is 1. The molecule has 0 spiro atoms. The van der Waals surface area contributed by atoms with E-state index in [9.17, 15) is 0 Å². The number of benzene rings is 2. The van der Waals surface area contributed by atoms with Crippen LogP contribution in [0.5, 0.6) is 5.75 Å². The lowest BCUT2D eigenvalue weighted by molar-refractivity contribution is 0.0876. The molecule has 128 valence electrons. The smallest absolute Gasteiger partial charge is 0.121 e. The topological polar surface area (TPSA) is 28.3 Å². The predicted molar refractivity (Wildman–Crippen MR) is 101 cm³/mol. The third-order valence-corrected chi connectivity index (χ3v) is 5.99. The van der Waals surface area contributed by atoms with Gasteiger partial charge in [-0.05, 0) is 55.1 Å². The van der Waals surface area contributed by atoms with Crippen molar-refractivity contribution in [1.82, 2.24) is 9.88 Å². The molecule has 3 aliphatic rings. The summed E-state index contributed by atoms with van der Waals surface area (Å²) >= 11 is 0. The summed E-state index contributed by atoms with van der Waals surface area (Å²) in [5.74, 6) is 2.48. The summed E-state index contributed by atoms with van der Waals surface area (Å²) in [5.41, 5.74) is 3.89. The van der Waals surface area contributed by atoms with Crippen molar-refractivity contribution in [2.24, 2.45) is 5.92 Å². The number of aromatic amines is 1. The number of piperidine rings is 3. The highest BCUT2D eigenvalue weighted by Gasteiger charge is 2.35. The van der Waals surface area contributed by atoms with Gasteiger partial charge in [-0.2, -0.15) is 0 Å². The Morgan fingerprint density at radius 1 is 1.04 bits per heavy atom. The van der Waals surface area contributed by atoms with Crippen LogP contribution in [0, 0.1) is 5.92 Å². The second-order valence-corrected chi connectivity index (χ2v) is 7.47. The van der Waals surface area contributed by atoms with Gasteiger partial charge in [-0.25, -0.2) is 0 Å². The maximum atomic E-state index is 5.98. The van der Waals surface area contributed by atoms with Crippen LogP contribution in [0.2, 0.25) is 0 Å². The van der Waals surface area contributed by atoms with E-state index in [-0.39, 0.29) is 0 Å². The van der Waals surface area contributed by atoms with Gasteiger partial charge in [0.15, 0.2) is 0 Å². The fourth-order valence-corrected chi connectivity index (χ4v) is 4.58. The number of fused-ring (bicyclic) bond motifs is 4. The van der Waals surface area contributed by atoms with Crippen molar-refractivity contribution in [1.29, 1.82) is 0 Å². The summed E-state index contributed by atoms with van der Waals surface area (Å²) in [6.45, 7) is 4.42. The molecule has 0 aliphatic carbocycles. The summed E-state index contributed by atoms with van der Waals surface area (Å²) in [6, 6.07) is 16.8. The van der Waals surface area contributed by atoms with Crippen LogP contribution >= 0.6 is 0 Å². The lowest BCUT2D eigenvalue weighted by Crippen LogP contribution is -2.46. The van der Waals surface area contributed by atoms with Gasteiger partial charge in [0.25, 0.3) is 0 Å². The molecule has 0 amide bonds. The minimum Gasteiger partial charge on any atom is -0.489 e. The molecule has 0 radical (unpaired) electrons. The zero-order valence-electron chi connectivity index (χ0n) is 14.4. The van der Waals surface area contributed by atoms with E-state index in [0.29, 0.717) is 12.5 Å². The zero-order chi connectivity index (χ0) is 16.6. The number of nitrogens with zero attached hydrogens (tertiary/aromatic N) is 1. The number of aromatic nitrogens is 1. The van der Waals surface area contributed by atoms with Gasteiger partial charge < -0.3 is 14.6 Å². The van der Waals surface area contributed by atoms with Gasteiger partial charge in [-0.15, -0.1) is 0 Å². The summed E-state index contributed by atoms with van der Waals surface area (Å²) in [6.07, 6.45) is 4.95. The molecule has 3 heteroatoms. The van der Waals surface area contributed by atoms with Gasteiger partial charge in [0.05, 0.1) is 0 Å². The third-order valence-electron chi connectivity index (χ3n) is 5.99. The second-order valence-electron chi connectivity index (χ2n) is 7.47. The number of H-pyrrole nitrogens is 1. The van der Waals surface area contributed by atoms with Gasteiger partial charge in [-0.1, -0.05) is 30.3 Å². The van der Waals surface area contributed by atoms with Crippen LogP contribution in [0.25, 0.3) is 10.9 Å². The van der Waals surface area contributed by atoms with Crippen LogP contribution < -0.4 is 4.74 Å². The Balaban J connectivity index is 1.37. The van der Waals surface area contributed by atoms with E-state index in [4.69, 9.17) is 4.74 Å². The molecule has 2 aromatic carbocycles.